The second kappa shape index (κ2) is 4.10. The number of allylic oxidation sites excluding steroid dienone is 1. The molecule has 0 aliphatic heterocycles. The summed E-state index contributed by atoms with van der Waals surface area (Å²) in [6, 6.07) is 5.88. The molecule has 0 aliphatic carbocycles. The number of nitriles is 1. The van der Waals surface area contributed by atoms with Gasteiger partial charge in [-0.05, 0) is 23.8 Å². The molecule has 0 saturated carbocycles. The van der Waals surface area contributed by atoms with Crippen molar-refractivity contribution in [1.29, 1.82) is 5.26 Å². The number of phenols is 1. The van der Waals surface area contributed by atoms with Gasteiger partial charge < -0.3 is 10.2 Å². The van der Waals surface area contributed by atoms with Crippen molar-refractivity contribution in [1.82, 2.24) is 0 Å². The van der Waals surface area contributed by atoms with E-state index in [0.717, 1.165) is 0 Å². The number of carboxylic acid groups (broad SMARTS) is 1. The lowest BCUT2D eigenvalue weighted by Gasteiger charge is -1.99. The van der Waals surface area contributed by atoms with Gasteiger partial charge in [-0.1, -0.05) is 6.07 Å². The molecule has 4 heteroatoms. The maximum Gasteiger partial charge on any atom is 0.339 e. The Morgan fingerprint density at radius 2 is 2.21 bits per heavy atom. The van der Waals surface area contributed by atoms with E-state index in [4.69, 9.17) is 10.4 Å². The number of benzene rings is 1. The second-order valence-electron chi connectivity index (χ2n) is 2.54. The minimum absolute atomic E-state index is 0.154. The standard InChI is InChI=1S/C10H7NO3/c11-5-1-2-7-3-4-8(10(13)14)9(12)6-7/h1-4,6,12H,(H,13,14). The second-order valence-corrected chi connectivity index (χ2v) is 2.54. The van der Waals surface area contributed by atoms with Gasteiger partial charge in [-0.2, -0.15) is 5.26 Å². The van der Waals surface area contributed by atoms with Crippen molar-refractivity contribution in [3.05, 3.63) is 35.4 Å². The molecule has 1 aromatic carbocycles. The molecule has 2 N–H and O–H groups in total. The average molecular weight is 189 g/mol. The summed E-state index contributed by atoms with van der Waals surface area (Å²) >= 11 is 0. The number of hydrogen-bond acceptors (Lipinski definition) is 3. The largest absolute Gasteiger partial charge is 0.507 e. The molecular weight excluding hydrogens is 182 g/mol. The number of carboxylic acids is 1. The average Bonchev–Trinajstić information content (AvgIpc) is 2.14. The zero-order chi connectivity index (χ0) is 10.6. The third-order valence-electron chi connectivity index (χ3n) is 1.60. The molecular formula is C10H7NO3. The molecule has 4 nitrogen and oxygen atoms in total. The molecule has 0 atom stereocenters. The summed E-state index contributed by atoms with van der Waals surface area (Å²) in [6.07, 6.45) is 2.72. The smallest absolute Gasteiger partial charge is 0.339 e. The third kappa shape index (κ3) is 2.11. The lowest BCUT2D eigenvalue weighted by atomic mass is 10.1. The molecule has 1 aromatic rings. The Hall–Kier alpha value is -2.28. The fourth-order valence-electron chi connectivity index (χ4n) is 0.967. The normalized spacial score (nSPS) is 9.93. The van der Waals surface area contributed by atoms with Gasteiger partial charge in [0, 0.05) is 6.08 Å². The first-order chi connectivity index (χ1) is 6.65. The van der Waals surface area contributed by atoms with Crippen LogP contribution in [0.5, 0.6) is 5.75 Å². The van der Waals surface area contributed by atoms with E-state index in [-0.39, 0.29) is 11.3 Å². The summed E-state index contributed by atoms with van der Waals surface area (Å²) in [7, 11) is 0. The van der Waals surface area contributed by atoms with Crippen molar-refractivity contribution >= 4 is 12.0 Å². The Balaban J connectivity index is 3.08. The first kappa shape index (κ1) is 9.81. The minimum atomic E-state index is -1.18. The summed E-state index contributed by atoms with van der Waals surface area (Å²) in [4.78, 5) is 10.5. The Bertz CT molecular complexity index is 429. The molecule has 0 unspecified atom stereocenters. The lowest BCUT2D eigenvalue weighted by Crippen LogP contribution is -1.96. The van der Waals surface area contributed by atoms with Crippen LogP contribution in [-0.4, -0.2) is 16.2 Å². The van der Waals surface area contributed by atoms with E-state index in [1.807, 2.05) is 0 Å². The molecule has 0 aliphatic rings. The fourth-order valence-corrected chi connectivity index (χ4v) is 0.967. The quantitative estimate of drug-likeness (QED) is 0.692. The summed E-state index contributed by atoms with van der Waals surface area (Å²) in [5, 5.41) is 26.1. The van der Waals surface area contributed by atoms with E-state index < -0.39 is 5.97 Å². The van der Waals surface area contributed by atoms with Gasteiger partial charge >= 0.3 is 5.97 Å². The Morgan fingerprint density at radius 1 is 1.50 bits per heavy atom. The van der Waals surface area contributed by atoms with Crippen LogP contribution in [0, 0.1) is 11.3 Å². The summed E-state index contributed by atoms with van der Waals surface area (Å²) in [5.74, 6) is -1.49. The molecule has 1 rings (SSSR count). The van der Waals surface area contributed by atoms with Crippen LogP contribution < -0.4 is 0 Å². The number of aromatic hydroxyl groups is 1. The van der Waals surface area contributed by atoms with E-state index in [2.05, 4.69) is 0 Å². The first-order valence-corrected chi connectivity index (χ1v) is 3.77. The van der Waals surface area contributed by atoms with Gasteiger partial charge in [0.25, 0.3) is 0 Å². The van der Waals surface area contributed by atoms with Gasteiger partial charge in [0.15, 0.2) is 0 Å². The van der Waals surface area contributed by atoms with Crippen LogP contribution in [0.3, 0.4) is 0 Å². The van der Waals surface area contributed by atoms with Gasteiger partial charge in [-0.15, -0.1) is 0 Å². The number of nitrogens with zero attached hydrogens (tertiary/aromatic N) is 1. The van der Waals surface area contributed by atoms with Crippen molar-refractivity contribution in [2.75, 3.05) is 0 Å². The van der Waals surface area contributed by atoms with E-state index in [0.29, 0.717) is 5.56 Å². The molecule has 0 spiro atoms. The van der Waals surface area contributed by atoms with E-state index in [1.165, 1.54) is 30.4 Å². The predicted octanol–water partition coefficient (Wildman–Crippen LogP) is 1.63. The number of aromatic carboxylic acids is 1. The Kier molecular flexibility index (Phi) is 2.87. The molecule has 0 heterocycles. The van der Waals surface area contributed by atoms with Crippen LogP contribution in [0.4, 0.5) is 0 Å². The highest BCUT2D eigenvalue weighted by atomic mass is 16.4. The Labute approximate surface area is 80.3 Å². The topological polar surface area (TPSA) is 81.3 Å². The minimum Gasteiger partial charge on any atom is -0.507 e. The molecule has 70 valence electrons. The number of hydrogen-bond donors (Lipinski definition) is 2. The van der Waals surface area contributed by atoms with Gasteiger partial charge in [0.2, 0.25) is 0 Å². The van der Waals surface area contributed by atoms with E-state index >= 15 is 0 Å². The van der Waals surface area contributed by atoms with Crippen molar-refractivity contribution < 1.29 is 15.0 Å². The number of rotatable bonds is 2. The SMILES string of the molecule is N#CC=Cc1ccc(C(=O)O)c(O)c1. The van der Waals surface area contributed by atoms with Crippen molar-refractivity contribution in [3.8, 4) is 11.8 Å². The van der Waals surface area contributed by atoms with Crippen LogP contribution in [0.25, 0.3) is 6.08 Å². The number of carbonyl (C=O) groups is 1. The van der Waals surface area contributed by atoms with Crippen LogP contribution in [-0.2, 0) is 0 Å². The molecule has 0 aromatic heterocycles. The molecule has 0 fully saturated rings. The lowest BCUT2D eigenvalue weighted by molar-refractivity contribution is 0.0694. The Morgan fingerprint density at radius 3 is 2.71 bits per heavy atom. The monoisotopic (exact) mass is 189 g/mol. The van der Waals surface area contributed by atoms with E-state index in [9.17, 15) is 9.90 Å². The van der Waals surface area contributed by atoms with Crippen molar-refractivity contribution in [3.63, 3.8) is 0 Å². The third-order valence-corrected chi connectivity index (χ3v) is 1.60. The van der Waals surface area contributed by atoms with E-state index in [1.54, 1.807) is 6.07 Å². The van der Waals surface area contributed by atoms with Crippen LogP contribution in [0.2, 0.25) is 0 Å². The maximum absolute atomic E-state index is 10.5. The van der Waals surface area contributed by atoms with Crippen LogP contribution in [0.15, 0.2) is 24.3 Å². The predicted molar refractivity (Wildman–Crippen MR) is 49.7 cm³/mol. The van der Waals surface area contributed by atoms with Crippen molar-refractivity contribution in [2.24, 2.45) is 0 Å². The van der Waals surface area contributed by atoms with Gasteiger partial charge in [-0.25, -0.2) is 4.79 Å². The highest BCUT2D eigenvalue weighted by Gasteiger charge is 2.08. The fraction of sp³-hybridized carbons (Fsp3) is 0. The highest BCUT2D eigenvalue weighted by Crippen LogP contribution is 2.19. The zero-order valence-electron chi connectivity index (χ0n) is 7.14. The summed E-state index contributed by atoms with van der Waals surface area (Å²) < 4.78 is 0. The highest BCUT2D eigenvalue weighted by molar-refractivity contribution is 5.91. The van der Waals surface area contributed by atoms with Crippen molar-refractivity contribution in [2.45, 2.75) is 0 Å². The molecule has 0 saturated heterocycles. The summed E-state index contributed by atoms with van der Waals surface area (Å²) in [6.45, 7) is 0. The van der Waals surface area contributed by atoms with Crippen LogP contribution >= 0.6 is 0 Å². The van der Waals surface area contributed by atoms with Gasteiger partial charge in [-0.3, -0.25) is 0 Å². The van der Waals surface area contributed by atoms with Gasteiger partial charge in [0.1, 0.15) is 11.3 Å². The zero-order valence-corrected chi connectivity index (χ0v) is 7.14. The molecule has 0 amide bonds. The molecule has 0 radical (unpaired) electrons. The molecule has 14 heavy (non-hydrogen) atoms. The summed E-state index contributed by atoms with van der Waals surface area (Å²) in [5.41, 5.74) is 0.424. The van der Waals surface area contributed by atoms with Crippen LogP contribution in [0.1, 0.15) is 15.9 Å². The maximum atomic E-state index is 10.5. The molecule has 0 bridgehead atoms. The first-order valence-electron chi connectivity index (χ1n) is 3.77. The van der Waals surface area contributed by atoms with Gasteiger partial charge in [0.05, 0.1) is 6.07 Å².